The molecule has 24 heavy (non-hydrogen) atoms. The van der Waals surface area contributed by atoms with Crippen LogP contribution in [0, 0.1) is 6.92 Å². The Morgan fingerprint density at radius 3 is 2.50 bits per heavy atom. The Morgan fingerprint density at radius 1 is 1.21 bits per heavy atom. The number of hydrogen-bond acceptors (Lipinski definition) is 4. The predicted octanol–water partition coefficient (Wildman–Crippen LogP) is 3.57. The molecule has 6 nitrogen and oxygen atoms in total. The highest BCUT2D eigenvalue weighted by Gasteiger charge is 2.17. The van der Waals surface area contributed by atoms with Crippen molar-refractivity contribution >= 4 is 44.9 Å². The van der Waals surface area contributed by atoms with Gasteiger partial charge in [0.15, 0.2) is 6.61 Å². The van der Waals surface area contributed by atoms with Crippen LogP contribution in [-0.2, 0) is 14.8 Å². The van der Waals surface area contributed by atoms with Gasteiger partial charge in [-0.3, -0.25) is 4.72 Å². The van der Waals surface area contributed by atoms with Gasteiger partial charge in [-0.1, -0.05) is 23.2 Å². The molecule has 0 amide bonds. The van der Waals surface area contributed by atoms with Gasteiger partial charge in [0.05, 0.1) is 15.6 Å². The number of aryl methyl sites for hydroxylation is 1. The van der Waals surface area contributed by atoms with Crippen molar-refractivity contribution in [2.75, 3.05) is 11.3 Å². The van der Waals surface area contributed by atoms with E-state index in [2.05, 4.69) is 4.72 Å². The number of anilines is 1. The zero-order valence-electron chi connectivity index (χ0n) is 12.4. The largest absolute Gasteiger partial charge is 0.482 e. The summed E-state index contributed by atoms with van der Waals surface area (Å²) >= 11 is 11.7. The van der Waals surface area contributed by atoms with Gasteiger partial charge in [0.2, 0.25) is 0 Å². The monoisotopic (exact) mass is 389 g/mol. The second-order valence-electron chi connectivity index (χ2n) is 4.84. The SMILES string of the molecule is Cc1cc(S(=O)(=O)Nc2ccc(Cl)cc2Cl)ccc1OCC(=O)O. The maximum atomic E-state index is 12.4. The summed E-state index contributed by atoms with van der Waals surface area (Å²) in [4.78, 5) is 10.5. The summed E-state index contributed by atoms with van der Waals surface area (Å²) in [6.07, 6.45) is 0. The van der Waals surface area contributed by atoms with Crippen LogP contribution in [0.3, 0.4) is 0 Å². The lowest BCUT2D eigenvalue weighted by atomic mass is 10.2. The molecular weight excluding hydrogens is 377 g/mol. The topological polar surface area (TPSA) is 92.7 Å². The highest BCUT2D eigenvalue weighted by molar-refractivity contribution is 7.92. The Kier molecular flexibility index (Phi) is 5.58. The van der Waals surface area contributed by atoms with Crippen LogP contribution >= 0.6 is 23.2 Å². The first kappa shape index (κ1) is 18.4. The molecule has 2 aromatic carbocycles. The Bertz CT molecular complexity index is 883. The molecular formula is C15H13Cl2NO5S. The van der Waals surface area contributed by atoms with E-state index in [1.54, 1.807) is 6.92 Å². The molecule has 0 aromatic heterocycles. The number of hydrogen-bond donors (Lipinski definition) is 2. The van der Waals surface area contributed by atoms with Crippen molar-refractivity contribution in [3.05, 3.63) is 52.0 Å². The van der Waals surface area contributed by atoms with E-state index in [0.29, 0.717) is 16.3 Å². The highest BCUT2D eigenvalue weighted by Crippen LogP contribution is 2.28. The number of ether oxygens (including phenoxy) is 1. The fourth-order valence-corrected chi connectivity index (χ4v) is 3.54. The molecule has 0 bridgehead atoms. The van der Waals surface area contributed by atoms with Crippen molar-refractivity contribution in [3.63, 3.8) is 0 Å². The second-order valence-corrected chi connectivity index (χ2v) is 7.37. The van der Waals surface area contributed by atoms with Crippen LogP contribution in [-0.4, -0.2) is 26.1 Å². The van der Waals surface area contributed by atoms with Gasteiger partial charge in [0, 0.05) is 5.02 Å². The van der Waals surface area contributed by atoms with Gasteiger partial charge in [-0.05, 0) is 48.9 Å². The zero-order chi connectivity index (χ0) is 17.9. The second kappa shape index (κ2) is 7.29. The summed E-state index contributed by atoms with van der Waals surface area (Å²) in [6, 6.07) is 8.49. The minimum atomic E-state index is -3.87. The molecule has 9 heteroatoms. The number of carbonyl (C=O) groups is 1. The maximum absolute atomic E-state index is 12.4. The van der Waals surface area contributed by atoms with E-state index in [-0.39, 0.29) is 15.6 Å². The summed E-state index contributed by atoms with van der Waals surface area (Å²) in [5.74, 6) is -0.828. The minimum absolute atomic E-state index is 0.00584. The summed E-state index contributed by atoms with van der Waals surface area (Å²) in [5.41, 5.74) is 0.686. The number of sulfonamides is 1. The Hall–Kier alpha value is -1.96. The van der Waals surface area contributed by atoms with Crippen molar-refractivity contribution in [2.45, 2.75) is 11.8 Å². The molecule has 2 N–H and O–H groups in total. The summed E-state index contributed by atoms with van der Waals surface area (Å²) < 4.78 is 32.3. The third kappa shape index (κ3) is 4.53. The predicted molar refractivity (Wildman–Crippen MR) is 91.6 cm³/mol. The van der Waals surface area contributed by atoms with Crippen molar-refractivity contribution in [2.24, 2.45) is 0 Å². The fourth-order valence-electron chi connectivity index (χ4n) is 1.87. The van der Waals surface area contributed by atoms with Crippen LogP contribution < -0.4 is 9.46 Å². The Labute approximate surface area is 149 Å². The summed E-state index contributed by atoms with van der Waals surface area (Å²) in [7, 11) is -3.87. The summed E-state index contributed by atoms with van der Waals surface area (Å²) in [6.45, 7) is 1.11. The van der Waals surface area contributed by atoms with Crippen molar-refractivity contribution in [1.82, 2.24) is 0 Å². The average Bonchev–Trinajstić information content (AvgIpc) is 2.48. The lowest BCUT2D eigenvalue weighted by Crippen LogP contribution is -2.14. The smallest absolute Gasteiger partial charge is 0.341 e. The molecule has 0 saturated heterocycles. The molecule has 0 fully saturated rings. The van der Waals surface area contributed by atoms with Gasteiger partial charge in [-0.15, -0.1) is 0 Å². The van der Waals surface area contributed by atoms with Crippen LogP contribution in [0.1, 0.15) is 5.56 Å². The summed E-state index contributed by atoms with van der Waals surface area (Å²) in [5, 5.41) is 9.16. The van der Waals surface area contributed by atoms with E-state index in [4.69, 9.17) is 33.0 Å². The molecule has 0 unspecified atom stereocenters. The number of benzene rings is 2. The number of carboxylic acids is 1. The molecule has 2 rings (SSSR count). The molecule has 0 aliphatic carbocycles. The molecule has 0 saturated carbocycles. The number of rotatable bonds is 6. The number of carboxylic acid groups (broad SMARTS) is 1. The minimum Gasteiger partial charge on any atom is -0.482 e. The van der Waals surface area contributed by atoms with Gasteiger partial charge in [0.25, 0.3) is 10.0 Å². The lowest BCUT2D eigenvalue weighted by molar-refractivity contribution is -0.139. The molecule has 0 heterocycles. The maximum Gasteiger partial charge on any atom is 0.341 e. The van der Waals surface area contributed by atoms with Crippen LogP contribution in [0.4, 0.5) is 5.69 Å². The highest BCUT2D eigenvalue weighted by atomic mass is 35.5. The Balaban J connectivity index is 2.26. The molecule has 128 valence electrons. The molecule has 0 aliphatic rings. The van der Waals surface area contributed by atoms with Crippen molar-refractivity contribution < 1.29 is 23.1 Å². The molecule has 0 radical (unpaired) electrons. The standard InChI is InChI=1S/C15H13Cl2NO5S/c1-9-6-11(3-5-14(9)23-8-15(19)20)24(21,22)18-13-4-2-10(16)7-12(13)17/h2-7,18H,8H2,1H3,(H,19,20). The number of nitrogens with one attached hydrogen (secondary N) is 1. The van der Waals surface area contributed by atoms with Crippen LogP contribution in [0.5, 0.6) is 5.75 Å². The van der Waals surface area contributed by atoms with Gasteiger partial charge in [0.1, 0.15) is 5.75 Å². The van der Waals surface area contributed by atoms with Crippen molar-refractivity contribution in [1.29, 1.82) is 0 Å². The van der Waals surface area contributed by atoms with Crippen molar-refractivity contribution in [3.8, 4) is 5.75 Å². The van der Waals surface area contributed by atoms with E-state index in [0.717, 1.165) is 0 Å². The zero-order valence-corrected chi connectivity index (χ0v) is 14.7. The first-order valence-electron chi connectivity index (χ1n) is 6.62. The molecule has 2 aromatic rings. The lowest BCUT2D eigenvalue weighted by Gasteiger charge is -2.12. The molecule has 0 atom stereocenters. The Morgan fingerprint density at radius 2 is 1.92 bits per heavy atom. The van der Waals surface area contributed by atoms with Gasteiger partial charge in [-0.2, -0.15) is 0 Å². The van der Waals surface area contributed by atoms with E-state index < -0.39 is 22.6 Å². The van der Waals surface area contributed by atoms with Crippen LogP contribution in [0.25, 0.3) is 0 Å². The third-order valence-corrected chi connectivity index (χ3v) is 4.89. The third-order valence-electron chi connectivity index (χ3n) is 2.98. The number of halogens is 2. The van der Waals surface area contributed by atoms with Gasteiger partial charge >= 0.3 is 5.97 Å². The first-order chi connectivity index (χ1) is 11.2. The van der Waals surface area contributed by atoms with E-state index in [9.17, 15) is 13.2 Å². The number of aliphatic carboxylic acids is 1. The quantitative estimate of drug-likeness (QED) is 0.787. The van der Waals surface area contributed by atoms with E-state index in [1.807, 2.05) is 0 Å². The normalized spacial score (nSPS) is 11.1. The van der Waals surface area contributed by atoms with Gasteiger partial charge in [-0.25, -0.2) is 13.2 Å². The fraction of sp³-hybridized carbons (Fsp3) is 0.133. The van der Waals surface area contributed by atoms with E-state index in [1.165, 1.54) is 36.4 Å². The molecule has 0 spiro atoms. The van der Waals surface area contributed by atoms with Crippen LogP contribution in [0.2, 0.25) is 10.0 Å². The molecule has 0 aliphatic heterocycles. The first-order valence-corrected chi connectivity index (χ1v) is 8.86. The van der Waals surface area contributed by atoms with Gasteiger partial charge < -0.3 is 9.84 Å². The van der Waals surface area contributed by atoms with Crippen LogP contribution in [0.15, 0.2) is 41.3 Å². The average molecular weight is 390 g/mol. The van der Waals surface area contributed by atoms with E-state index >= 15 is 0 Å².